The fraction of sp³-hybridized carbons (Fsp3) is 0.286. The summed E-state index contributed by atoms with van der Waals surface area (Å²) in [6.07, 6.45) is 5.24. The first kappa shape index (κ1) is 15.0. The van der Waals surface area contributed by atoms with Crippen LogP contribution in [0.3, 0.4) is 0 Å². The number of benzene rings is 2. The number of hydrogen-bond acceptors (Lipinski definition) is 1. The van der Waals surface area contributed by atoms with E-state index in [0.717, 1.165) is 35.7 Å². The molecule has 1 atom stereocenters. The molecule has 0 saturated heterocycles. The van der Waals surface area contributed by atoms with Crippen LogP contribution in [0.4, 0.5) is 0 Å². The maximum absolute atomic E-state index is 13.2. The summed E-state index contributed by atoms with van der Waals surface area (Å²) < 4.78 is 2.03. The summed E-state index contributed by atoms with van der Waals surface area (Å²) in [6, 6.07) is 16.8. The zero-order chi connectivity index (χ0) is 16.7. The number of nitrogens with zero attached hydrogens (tertiary/aromatic N) is 2. The van der Waals surface area contributed by atoms with Crippen molar-refractivity contribution in [3.63, 3.8) is 0 Å². The molecule has 0 radical (unpaired) electrons. The predicted molar refractivity (Wildman–Crippen MR) is 97.1 cm³/mol. The van der Waals surface area contributed by atoms with E-state index in [1.807, 2.05) is 48.0 Å². The fourth-order valence-electron chi connectivity index (χ4n) is 3.97. The third-order valence-corrected chi connectivity index (χ3v) is 5.25. The van der Waals surface area contributed by atoms with Crippen molar-refractivity contribution in [1.82, 2.24) is 9.47 Å². The van der Waals surface area contributed by atoms with Gasteiger partial charge in [-0.05, 0) is 36.5 Å². The lowest BCUT2D eigenvalue weighted by Crippen LogP contribution is -2.33. The largest absolute Gasteiger partial charge is 0.350 e. The Morgan fingerprint density at radius 1 is 1.12 bits per heavy atom. The van der Waals surface area contributed by atoms with E-state index in [9.17, 15) is 4.79 Å². The maximum atomic E-state index is 13.2. The van der Waals surface area contributed by atoms with E-state index in [1.54, 1.807) is 0 Å². The normalized spacial score (nSPS) is 16.8. The van der Waals surface area contributed by atoms with Gasteiger partial charge in [-0.15, -0.1) is 0 Å². The molecule has 122 valence electrons. The molecule has 3 nitrogen and oxygen atoms in total. The van der Waals surface area contributed by atoms with Gasteiger partial charge in [-0.3, -0.25) is 4.79 Å². The van der Waals surface area contributed by atoms with Gasteiger partial charge in [0, 0.05) is 31.2 Å². The van der Waals surface area contributed by atoms with Gasteiger partial charge in [-0.25, -0.2) is 0 Å². The number of carbonyl (C=O) groups is 1. The summed E-state index contributed by atoms with van der Waals surface area (Å²) in [7, 11) is 3.94. The molecule has 4 rings (SSSR count). The highest BCUT2D eigenvalue weighted by Crippen LogP contribution is 2.35. The van der Waals surface area contributed by atoms with Gasteiger partial charge in [0.05, 0.1) is 11.6 Å². The van der Waals surface area contributed by atoms with E-state index in [1.165, 1.54) is 11.1 Å². The van der Waals surface area contributed by atoms with Crippen molar-refractivity contribution in [3.8, 4) is 0 Å². The van der Waals surface area contributed by atoms with Crippen molar-refractivity contribution in [3.05, 3.63) is 71.4 Å². The summed E-state index contributed by atoms with van der Waals surface area (Å²) in [5, 5.41) is 1.03. The smallest absolute Gasteiger partial charge is 0.256 e. The summed E-state index contributed by atoms with van der Waals surface area (Å²) >= 11 is 0. The number of aryl methyl sites for hydroxylation is 2. The molecule has 0 N–H and O–H groups in total. The lowest BCUT2D eigenvalue weighted by molar-refractivity contribution is 0.0717. The fourth-order valence-corrected chi connectivity index (χ4v) is 3.97. The van der Waals surface area contributed by atoms with Gasteiger partial charge in [-0.2, -0.15) is 0 Å². The van der Waals surface area contributed by atoms with Crippen LogP contribution in [-0.2, 0) is 13.5 Å². The first-order valence-corrected chi connectivity index (χ1v) is 8.56. The topological polar surface area (TPSA) is 25.2 Å². The Hall–Kier alpha value is -2.55. The predicted octanol–water partition coefficient (Wildman–Crippen LogP) is 4.33. The molecule has 1 amide bonds. The molecule has 0 aliphatic heterocycles. The van der Waals surface area contributed by atoms with Crippen molar-refractivity contribution in [2.75, 3.05) is 7.05 Å². The summed E-state index contributed by atoms with van der Waals surface area (Å²) in [6.45, 7) is 0. The van der Waals surface area contributed by atoms with Crippen molar-refractivity contribution in [2.45, 2.75) is 25.3 Å². The first-order valence-electron chi connectivity index (χ1n) is 8.56. The second kappa shape index (κ2) is 5.82. The van der Waals surface area contributed by atoms with Crippen LogP contribution < -0.4 is 0 Å². The summed E-state index contributed by atoms with van der Waals surface area (Å²) in [5.41, 5.74) is 4.57. The van der Waals surface area contributed by atoms with Gasteiger partial charge in [0.25, 0.3) is 5.91 Å². The Labute approximate surface area is 142 Å². The Balaban J connectivity index is 1.72. The van der Waals surface area contributed by atoms with Gasteiger partial charge in [0.1, 0.15) is 0 Å². The van der Waals surface area contributed by atoms with Crippen LogP contribution in [0.1, 0.15) is 40.4 Å². The van der Waals surface area contributed by atoms with E-state index in [2.05, 4.69) is 30.3 Å². The van der Waals surface area contributed by atoms with Crippen LogP contribution in [-0.4, -0.2) is 22.4 Å². The molecule has 1 aliphatic rings. The van der Waals surface area contributed by atoms with Crippen LogP contribution >= 0.6 is 0 Å². The highest BCUT2D eigenvalue weighted by molar-refractivity contribution is 6.07. The maximum Gasteiger partial charge on any atom is 0.256 e. The van der Waals surface area contributed by atoms with Crippen LogP contribution in [0.15, 0.2) is 54.7 Å². The third kappa shape index (κ3) is 2.32. The number of fused-ring (bicyclic) bond motifs is 2. The van der Waals surface area contributed by atoms with E-state index in [0.29, 0.717) is 0 Å². The van der Waals surface area contributed by atoms with Gasteiger partial charge in [-0.1, -0.05) is 42.5 Å². The zero-order valence-corrected chi connectivity index (χ0v) is 14.2. The monoisotopic (exact) mass is 318 g/mol. The van der Waals surface area contributed by atoms with Crippen molar-refractivity contribution in [2.24, 2.45) is 7.05 Å². The van der Waals surface area contributed by atoms with Gasteiger partial charge in [0.2, 0.25) is 0 Å². The number of amides is 1. The summed E-state index contributed by atoms with van der Waals surface area (Å²) in [4.78, 5) is 15.1. The van der Waals surface area contributed by atoms with Crippen molar-refractivity contribution >= 4 is 16.8 Å². The van der Waals surface area contributed by atoms with E-state index < -0.39 is 0 Å². The number of aromatic nitrogens is 1. The standard InChI is InChI=1S/C21H22N2O/c1-22-14-18(17-11-5-6-12-19(17)22)21(24)23(2)20-13-7-9-15-8-3-4-10-16(15)20/h3-6,8,10-12,14,20H,7,9,13H2,1-2H3/t20-/m0/s1. The molecule has 3 heteroatoms. The lowest BCUT2D eigenvalue weighted by atomic mass is 9.87. The molecular weight excluding hydrogens is 296 g/mol. The van der Waals surface area contributed by atoms with E-state index in [4.69, 9.17) is 0 Å². The van der Waals surface area contributed by atoms with Gasteiger partial charge >= 0.3 is 0 Å². The molecule has 1 aliphatic carbocycles. The molecule has 0 fully saturated rings. The van der Waals surface area contributed by atoms with Crippen LogP contribution in [0, 0.1) is 0 Å². The van der Waals surface area contributed by atoms with E-state index in [-0.39, 0.29) is 11.9 Å². The zero-order valence-electron chi connectivity index (χ0n) is 14.2. The first-order chi connectivity index (χ1) is 11.7. The Bertz CT molecular complexity index is 909. The Morgan fingerprint density at radius 2 is 1.88 bits per heavy atom. The molecule has 0 saturated carbocycles. The molecule has 24 heavy (non-hydrogen) atoms. The Morgan fingerprint density at radius 3 is 2.75 bits per heavy atom. The summed E-state index contributed by atoms with van der Waals surface area (Å²) in [5.74, 6) is 0.105. The molecular formula is C21H22N2O. The molecule has 0 unspecified atom stereocenters. The SMILES string of the molecule is CN(C(=O)c1cn(C)c2ccccc12)[C@H]1CCCc2ccccc21. The molecule has 0 spiro atoms. The number of hydrogen-bond donors (Lipinski definition) is 0. The minimum absolute atomic E-state index is 0.105. The minimum Gasteiger partial charge on any atom is -0.350 e. The number of carbonyl (C=O) groups excluding carboxylic acids is 1. The van der Waals surface area contributed by atoms with Crippen LogP contribution in [0.2, 0.25) is 0 Å². The van der Waals surface area contributed by atoms with Crippen molar-refractivity contribution < 1.29 is 4.79 Å². The third-order valence-electron chi connectivity index (χ3n) is 5.25. The van der Waals surface area contributed by atoms with Gasteiger partial charge < -0.3 is 9.47 Å². The highest BCUT2D eigenvalue weighted by atomic mass is 16.2. The lowest BCUT2D eigenvalue weighted by Gasteiger charge is -2.33. The second-order valence-electron chi connectivity index (χ2n) is 6.69. The molecule has 0 bridgehead atoms. The Kier molecular flexibility index (Phi) is 3.64. The van der Waals surface area contributed by atoms with Crippen molar-refractivity contribution in [1.29, 1.82) is 0 Å². The molecule has 1 aromatic heterocycles. The number of rotatable bonds is 2. The minimum atomic E-state index is 0.105. The average Bonchev–Trinajstić information content (AvgIpc) is 2.97. The number of para-hydroxylation sites is 1. The second-order valence-corrected chi connectivity index (χ2v) is 6.69. The average molecular weight is 318 g/mol. The molecule has 3 aromatic rings. The van der Waals surface area contributed by atoms with E-state index >= 15 is 0 Å². The quantitative estimate of drug-likeness (QED) is 0.690. The highest BCUT2D eigenvalue weighted by Gasteiger charge is 2.28. The van der Waals surface area contributed by atoms with Gasteiger partial charge in [0.15, 0.2) is 0 Å². The van der Waals surface area contributed by atoms with Crippen LogP contribution in [0.5, 0.6) is 0 Å². The molecule has 1 heterocycles. The van der Waals surface area contributed by atoms with Crippen LogP contribution in [0.25, 0.3) is 10.9 Å². The molecule has 2 aromatic carbocycles.